The number of nitrogens with zero attached hydrogens (tertiary/aromatic N) is 1. The normalized spacial score (nSPS) is 10.7. The molecule has 0 atom stereocenters. The van der Waals surface area contributed by atoms with Gasteiger partial charge in [0.15, 0.2) is 5.13 Å². The molecule has 0 saturated heterocycles. The third-order valence-electron chi connectivity index (χ3n) is 3.49. The van der Waals surface area contributed by atoms with Gasteiger partial charge in [-0.05, 0) is 25.8 Å². The second-order valence-corrected chi connectivity index (χ2v) is 6.57. The lowest BCUT2D eigenvalue weighted by atomic mass is 10.1. The number of carbonyl (C=O) groups is 1. The Hall–Kier alpha value is -1.72. The van der Waals surface area contributed by atoms with Crippen molar-refractivity contribution in [3.8, 4) is 11.3 Å². The maximum atomic E-state index is 11.8. The quantitative estimate of drug-likeness (QED) is 0.727. The molecule has 2 aromatic rings. The Morgan fingerprint density at radius 2 is 2.00 bits per heavy atom. The molecule has 0 radical (unpaired) electrons. The van der Waals surface area contributed by atoms with Crippen molar-refractivity contribution in [3.05, 3.63) is 34.7 Å². The van der Waals surface area contributed by atoms with Gasteiger partial charge in [0.05, 0.1) is 18.7 Å². The predicted molar refractivity (Wildman–Crippen MR) is 96.0 cm³/mol. The molecular weight excluding hydrogens is 308 g/mol. The van der Waals surface area contributed by atoms with Crippen LogP contribution in [-0.2, 0) is 16.0 Å². The number of rotatable bonds is 8. The zero-order valence-electron chi connectivity index (χ0n) is 14.0. The summed E-state index contributed by atoms with van der Waals surface area (Å²) in [7, 11) is 0. The van der Waals surface area contributed by atoms with Crippen LogP contribution in [0.1, 0.15) is 37.1 Å². The minimum Gasteiger partial charge on any atom is -0.381 e. The van der Waals surface area contributed by atoms with E-state index in [1.54, 1.807) is 0 Å². The summed E-state index contributed by atoms with van der Waals surface area (Å²) in [5, 5.41) is 3.50. The predicted octanol–water partition coefficient (Wildman–Crippen LogP) is 4.44. The molecule has 0 aliphatic carbocycles. The van der Waals surface area contributed by atoms with Crippen LogP contribution in [0.15, 0.2) is 24.3 Å². The van der Waals surface area contributed by atoms with Gasteiger partial charge in [-0.1, -0.05) is 37.6 Å². The zero-order valence-corrected chi connectivity index (χ0v) is 14.8. The number of hydrogen-bond acceptors (Lipinski definition) is 4. The summed E-state index contributed by atoms with van der Waals surface area (Å²) in [6, 6.07) is 8.51. The van der Waals surface area contributed by atoms with Crippen LogP contribution in [0, 0.1) is 6.92 Å². The molecule has 1 N–H and O–H groups in total. The summed E-state index contributed by atoms with van der Waals surface area (Å²) < 4.78 is 5.19. The average Bonchev–Trinajstić information content (AvgIpc) is 2.89. The van der Waals surface area contributed by atoms with Gasteiger partial charge in [0.25, 0.3) is 0 Å². The maximum absolute atomic E-state index is 11.8. The Balaban J connectivity index is 2.04. The van der Waals surface area contributed by atoms with Gasteiger partial charge in [-0.3, -0.25) is 4.79 Å². The van der Waals surface area contributed by atoms with E-state index in [4.69, 9.17) is 4.74 Å². The molecule has 0 spiro atoms. The van der Waals surface area contributed by atoms with Crippen molar-refractivity contribution in [3.63, 3.8) is 0 Å². The molecular formula is C18H24N2O2S. The van der Waals surface area contributed by atoms with E-state index in [0.717, 1.165) is 29.0 Å². The number of amides is 1. The Bertz CT molecular complexity index is 635. The smallest absolute Gasteiger partial charge is 0.228 e. The van der Waals surface area contributed by atoms with Gasteiger partial charge < -0.3 is 10.1 Å². The van der Waals surface area contributed by atoms with E-state index >= 15 is 0 Å². The van der Waals surface area contributed by atoms with Crippen molar-refractivity contribution >= 4 is 22.4 Å². The number of carbonyl (C=O) groups excluding carboxylic acids is 1. The van der Waals surface area contributed by atoms with E-state index in [9.17, 15) is 4.79 Å². The van der Waals surface area contributed by atoms with E-state index in [1.807, 2.05) is 13.8 Å². The topological polar surface area (TPSA) is 51.2 Å². The number of hydrogen-bond donors (Lipinski definition) is 1. The first kappa shape index (κ1) is 17.6. The molecule has 0 unspecified atom stereocenters. The highest BCUT2D eigenvalue weighted by molar-refractivity contribution is 7.16. The monoisotopic (exact) mass is 332 g/mol. The number of ether oxygens (including phenoxy) is 1. The fourth-order valence-corrected chi connectivity index (χ4v) is 3.18. The molecule has 5 heteroatoms. The van der Waals surface area contributed by atoms with E-state index in [1.165, 1.54) is 16.9 Å². The van der Waals surface area contributed by atoms with Gasteiger partial charge >= 0.3 is 0 Å². The average molecular weight is 332 g/mol. The van der Waals surface area contributed by atoms with Crippen LogP contribution in [0.3, 0.4) is 0 Å². The van der Waals surface area contributed by atoms with Gasteiger partial charge in [-0.15, -0.1) is 11.3 Å². The fraction of sp³-hybridized carbons (Fsp3) is 0.444. The Morgan fingerprint density at radius 3 is 2.65 bits per heavy atom. The van der Waals surface area contributed by atoms with Crippen LogP contribution < -0.4 is 5.32 Å². The van der Waals surface area contributed by atoms with E-state index < -0.39 is 0 Å². The third-order valence-corrected chi connectivity index (χ3v) is 4.37. The number of benzene rings is 1. The van der Waals surface area contributed by atoms with Gasteiger partial charge in [0.2, 0.25) is 5.91 Å². The number of anilines is 1. The SMILES string of the molecule is CCCc1ccc(-c2nc(NC(=O)CCOCC)sc2C)cc1. The third kappa shape index (κ3) is 5.15. The van der Waals surface area contributed by atoms with Gasteiger partial charge in [0, 0.05) is 17.0 Å². The number of aryl methyl sites for hydroxylation is 2. The van der Waals surface area contributed by atoms with Crippen LogP contribution in [0.2, 0.25) is 0 Å². The highest BCUT2D eigenvalue weighted by atomic mass is 32.1. The lowest BCUT2D eigenvalue weighted by Crippen LogP contribution is -2.13. The largest absolute Gasteiger partial charge is 0.381 e. The number of nitrogens with one attached hydrogen (secondary N) is 1. The first-order valence-electron chi connectivity index (χ1n) is 8.08. The highest BCUT2D eigenvalue weighted by Gasteiger charge is 2.12. The Labute approximate surface area is 141 Å². The van der Waals surface area contributed by atoms with Crippen LogP contribution in [0.5, 0.6) is 0 Å². The molecule has 0 saturated carbocycles. The molecule has 1 heterocycles. The van der Waals surface area contributed by atoms with Gasteiger partial charge in [-0.2, -0.15) is 0 Å². The zero-order chi connectivity index (χ0) is 16.7. The first-order valence-corrected chi connectivity index (χ1v) is 8.90. The summed E-state index contributed by atoms with van der Waals surface area (Å²) >= 11 is 1.51. The molecule has 1 aromatic carbocycles. The number of thiazole rings is 1. The molecule has 0 aliphatic rings. The van der Waals surface area contributed by atoms with Crippen LogP contribution in [0.4, 0.5) is 5.13 Å². The molecule has 0 aliphatic heterocycles. The Morgan fingerprint density at radius 1 is 1.26 bits per heavy atom. The van der Waals surface area contributed by atoms with Gasteiger partial charge in [0.1, 0.15) is 0 Å². The van der Waals surface area contributed by atoms with E-state index in [2.05, 4.69) is 41.5 Å². The summed E-state index contributed by atoms with van der Waals surface area (Å²) in [4.78, 5) is 17.5. The van der Waals surface area contributed by atoms with E-state index in [-0.39, 0.29) is 5.91 Å². The van der Waals surface area contributed by atoms with Gasteiger partial charge in [-0.25, -0.2) is 4.98 Å². The van der Waals surface area contributed by atoms with Crippen molar-refractivity contribution in [1.29, 1.82) is 0 Å². The molecule has 0 fully saturated rings. The molecule has 2 rings (SSSR count). The fourth-order valence-electron chi connectivity index (χ4n) is 2.33. The summed E-state index contributed by atoms with van der Waals surface area (Å²) in [5.74, 6) is -0.0583. The molecule has 1 aromatic heterocycles. The van der Waals surface area contributed by atoms with E-state index in [0.29, 0.717) is 24.8 Å². The van der Waals surface area contributed by atoms with Crippen LogP contribution in [-0.4, -0.2) is 24.1 Å². The molecule has 4 nitrogen and oxygen atoms in total. The Kier molecular flexibility index (Phi) is 6.74. The van der Waals surface area contributed by atoms with Crippen molar-refractivity contribution in [2.75, 3.05) is 18.5 Å². The molecule has 0 bridgehead atoms. The van der Waals surface area contributed by atoms with Crippen LogP contribution >= 0.6 is 11.3 Å². The van der Waals surface area contributed by atoms with Crippen LogP contribution in [0.25, 0.3) is 11.3 Å². The second-order valence-electron chi connectivity index (χ2n) is 5.37. The maximum Gasteiger partial charge on any atom is 0.228 e. The molecule has 124 valence electrons. The van der Waals surface area contributed by atoms with Crippen molar-refractivity contribution in [2.45, 2.75) is 40.0 Å². The molecule has 1 amide bonds. The van der Waals surface area contributed by atoms with Crippen molar-refractivity contribution in [2.24, 2.45) is 0 Å². The minimum atomic E-state index is -0.0583. The summed E-state index contributed by atoms with van der Waals surface area (Å²) in [6.07, 6.45) is 2.60. The lowest BCUT2D eigenvalue weighted by molar-refractivity contribution is -0.117. The van der Waals surface area contributed by atoms with Crippen molar-refractivity contribution in [1.82, 2.24) is 4.98 Å². The summed E-state index contributed by atoms with van der Waals surface area (Å²) in [5.41, 5.74) is 3.38. The van der Waals surface area contributed by atoms with Crippen molar-refractivity contribution < 1.29 is 9.53 Å². The second kappa shape index (κ2) is 8.79. The lowest BCUT2D eigenvalue weighted by Gasteiger charge is -2.02. The molecule has 23 heavy (non-hydrogen) atoms. The first-order chi connectivity index (χ1) is 11.1. The summed E-state index contributed by atoms with van der Waals surface area (Å²) in [6.45, 7) is 7.20. The number of aromatic nitrogens is 1. The highest BCUT2D eigenvalue weighted by Crippen LogP contribution is 2.30. The minimum absolute atomic E-state index is 0.0583. The standard InChI is InChI=1S/C18H24N2O2S/c1-4-6-14-7-9-15(10-8-14)17-13(3)23-18(20-17)19-16(21)11-12-22-5-2/h7-10H,4-6,11-12H2,1-3H3,(H,19,20,21).